The summed E-state index contributed by atoms with van der Waals surface area (Å²) in [5.74, 6) is 0.128. The minimum atomic E-state index is -0.139. The maximum absolute atomic E-state index is 11.8. The summed E-state index contributed by atoms with van der Waals surface area (Å²) in [6.07, 6.45) is 4.15. The lowest BCUT2D eigenvalue weighted by molar-refractivity contribution is -0.127. The molecule has 1 heterocycles. The average Bonchev–Trinajstić information content (AvgIpc) is 2.35. The highest BCUT2D eigenvalue weighted by Crippen LogP contribution is 2.24. The zero-order valence-corrected chi connectivity index (χ0v) is 12.5. The molecule has 1 saturated heterocycles. The van der Waals surface area contributed by atoms with Crippen molar-refractivity contribution in [3.63, 3.8) is 0 Å². The number of carbonyl (C=O) groups is 1. The van der Waals surface area contributed by atoms with Crippen LogP contribution >= 0.6 is 12.2 Å². The number of carbonyl (C=O) groups excluding carboxylic acids is 1. The molecule has 1 atom stereocenters. The van der Waals surface area contributed by atoms with Crippen LogP contribution in [0.25, 0.3) is 0 Å². The highest BCUT2D eigenvalue weighted by molar-refractivity contribution is 7.80. The molecule has 1 rings (SSSR count). The Morgan fingerprint density at radius 2 is 2.17 bits per heavy atom. The Bertz CT molecular complexity index is 317. The summed E-state index contributed by atoms with van der Waals surface area (Å²) in [5, 5.41) is 2.75. The standard InChI is InChI=1S/C13H25N3OS/c1-13(2,12(14)18)7-9-16-8-5-4-6-10(16)11(17)15-3/h10H,4-9H2,1-3H3,(H2,14,18)(H,15,17). The molecule has 0 aromatic carbocycles. The van der Waals surface area contributed by atoms with Crippen molar-refractivity contribution in [1.29, 1.82) is 0 Å². The van der Waals surface area contributed by atoms with E-state index < -0.39 is 0 Å². The highest BCUT2D eigenvalue weighted by atomic mass is 32.1. The quantitative estimate of drug-likeness (QED) is 0.740. The number of nitrogens with zero attached hydrogens (tertiary/aromatic N) is 1. The normalized spacial score (nSPS) is 21.6. The second-order valence-electron chi connectivity index (χ2n) is 5.66. The number of thiocarbonyl (C=S) groups is 1. The second-order valence-corrected chi connectivity index (χ2v) is 6.10. The molecule has 18 heavy (non-hydrogen) atoms. The van der Waals surface area contributed by atoms with E-state index in [4.69, 9.17) is 18.0 Å². The minimum absolute atomic E-state index is 0.0193. The zero-order valence-electron chi connectivity index (χ0n) is 11.7. The van der Waals surface area contributed by atoms with Gasteiger partial charge in [0.15, 0.2) is 0 Å². The van der Waals surface area contributed by atoms with Gasteiger partial charge >= 0.3 is 0 Å². The fourth-order valence-electron chi connectivity index (χ4n) is 2.27. The molecule has 1 fully saturated rings. The molecule has 104 valence electrons. The molecule has 4 nitrogen and oxygen atoms in total. The lowest BCUT2D eigenvalue weighted by Gasteiger charge is -2.36. The molecule has 0 aliphatic carbocycles. The van der Waals surface area contributed by atoms with Crippen molar-refractivity contribution in [3.05, 3.63) is 0 Å². The van der Waals surface area contributed by atoms with Crippen molar-refractivity contribution < 1.29 is 4.79 Å². The van der Waals surface area contributed by atoms with Crippen molar-refractivity contribution in [1.82, 2.24) is 10.2 Å². The van der Waals surface area contributed by atoms with Crippen LogP contribution in [0.4, 0.5) is 0 Å². The molecule has 3 N–H and O–H groups in total. The van der Waals surface area contributed by atoms with E-state index in [2.05, 4.69) is 24.1 Å². The third-order valence-electron chi connectivity index (χ3n) is 3.85. The molecule has 1 aliphatic rings. The van der Waals surface area contributed by atoms with Crippen LogP contribution in [-0.4, -0.2) is 42.0 Å². The predicted octanol–water partition coefficient (Wildman–Crippen LogP) is 1.29. The van der Waals surface area contributed by atoms with Gasteiger partial charge in [-0.1, -0.05) is 32.5 Å². The van der Waals surface area contributed by atoms with Gasteiger partial charge in [0, 0.05) is 12.5 Å². The molecular weight excluding hydrogens is 246 g/mol. The van der Waals surface area contributed by atoms with E-state index in [0.29, 0.717) is 4.99 Å². The molecule has 0 saturated carbocycles. The first kappa shape index (κ1) is 15.4. The predicted molar refractivity (Wildman–Crippen MR) is 78.5 cm³/mol. The Kier molecular flexibility index (Phi) is 5.53. The highest BCUT2D eigenvalue weighted by Gasteiger charge is 2.30. The maximum Gasteiger partial charge on any atom is 0.237 e. The second kappa shape index (κ2) is 6.48. The number of nitrogens with one attached hydrogen (secondary N) is 1. The number of likely N-dealkylation sites (tertiary alicyclic amines) is 1. The van der Waals surface area contributed by atoms with Crippen molar-refractivity contribution in [2.75, 3.05) is 20.1 Å². The van der Waals surface area contributed by atoms with Gasteiger partial charge in [-0.25, -0.2) is 0 Å². The van der Waals surface area contributed by atoms with Crippen LogP contribution in [0.3, 0.4) is 0 Å². The van der Waals surface area contributed by atoms with Crippen molar-refractivity contribution >= 4 is 23.1 Å². The van der Waals surface area contributed by atoms with Gasteiger partial charge in [0.1, 0.15) is 0 Å². The molecular formula is C13H25N3OS. The molecule has 0 aromatic heterocycles. The fraction of sp³-hybridized carbons (Fsp3) is 0.846. The van der Waals surface area contributed by atoms with Gasteiger partial charge < -0.3 is 11.1 Å². The smallest absolute Gasteiger partial charge is 0.237 e. The molecule has 0 radical (unpaired) electrons. The molecule has 1 aliphatic heterocycles. The van der Waals surface area contributed by atoms with Crippen molar-refractivity contribution in [2.24, 2.45) is 11.1 Å². The molecule has 5 heteroatoms. The fourth-order valence-corrected chi connectivity index (χ4v) is 2.37. The Morgan fingerprint density at radius 1 is 1.50 bits per heavy atom. The van der Waals surface area contributed by atoms with Gasteiger partial charge in [-0.3, -0.25) is 9.69 Å². The first-order valence-electron chi connectivity index (χ1n) is 6.64. The topological polar surface area (TPSA) is 58.4 Å². The van der Waals surface area contributed by atoms with Crippen LogP contribution in [0.2, 0.25) is 0 Å². The van der Waals surface area contributed by atoms with E-state index >= 15 is 0 Å². The zero-order chi connectivity index (χ0) is 13.8. The van der Waals surface area contributed by atoms with Crippen LogP contribution in [-0.2, 0) is 4.79 Å². The van der Waals surface area contributed by atoms with Gasteiger partial charge in [0.2, 0.25) is 5.91 Å². The minimum Gasteiger partial charge on any atom is -0.393 e. The molecule has 1 amide bonds. The third-order valence-corrected chi connectivity index (χ3v) is 4.41. The summed E-state index contributed by atoms with van der Waals surface area (Å²) in [5.41, 5.74) is 5.60. The Hall–Kier alpha value is -0.680. The van der Waals surface area contributed by atoms with Crippen LogP contribution in [0.1, 0.15) is 39.5 Å². The molecule has 0 bridgehead atoms. The lowest BCUT2D eigenvalue weighted by Crippen LogP contribution is -2.49. The SMILES string of the molecule is CNC(=O)C1CCCCN1CCC(C)(C)C(N)=S. The molecule has 1 unspecified atom stereocenters. The molecule has 0 aromatic rings. The van der Waals surface area contributed by atoms with E-state index in [-0.39, 0.29) is 17.4 Å². The number of rotatable bonds is 5. The Balaban J connectivity index is 2.58. The van der Waals surface area contributed by atoms with E-state index in [1.165, 1.54) is 6.42 Å². The number of hydrogen-bond acceptors (Lipinski definition) is 3. The Labute approximate surface area is 115 Å². The Morgan fingerprint density at radius 3 is 2.72 bits per heavy atom. The number of amides is 1. The lowest BCUT2D eigenvalue weighted by atomic mass is 9.88. The van der Waals surface area contributed by atoms with Gasteiger partial charge in [-0.15, -0.1) is 0 Å². The maximum atomic E-state index is 11.8. The van der Waals surface area contributed by atoms with Crippen LogP contribution in [0.15, 0.2) is 0 Å². The largest absolute Gasteiger partial charge is 0.393 e. The van der Waals surface area contributed by atoms with Crippen molar-refractivity contribution in [2.45, 2.75) is 45.6 Å². The third kappa shape index (κ3) is 3.92. The van der Waals surface area contributed by atoms with E-state index in [1.807, 2.05) is 0 Å². The summed E-state index contributed by atoms with van der Waals surface area (Å²) < 4.78 is 0. The van der Waals surface area contributed by atoms with E-state index in [0.717, 1.165) is 32.4 Å². The first-order chi connectivity index (χ1) is 8.38. The van der Waals surface area contributed by atoms with E-state index in [9.17, 15) is 4.79 Å². The summed E-state index contributed by atoms with van der Waals surface area (Å²) >= 11 is 5.08. The molecule has 0 spiro atoms. The van der Waals surface area contributed by atoms with E-state index in [1.54, 1.807) is 7.05 Å². The summed E-state index contributed by atoms with van der Waals surface area (Å²) in [6.45, 7) is 6.00. The summed E-state index contributed by atoms with van der Waals surface area (Å²) in [6, 6.07) is 0.0193. The van der Waals surface area contributed by atoms with Crippen LogP contribution < -0.4 is 11.1 Å². The van der Waals surface area contributed by atoms with Gasteiger partial charge in [-0.2, -0.15) is 0 Å². The summed E-state index contributed by atoms with van der Waals surface area (Å²) in [4.78, 5) is 14.7. The van der Waals surface area contributed by atoms with Crippen LogP contribution in [0.5, 0.6) is 0 Å². The van der Waals surface area contributed by atoms with Gasteiger partial charge in [0.25, 0.3) is 0 Å². The monoisotopic (exact) mass is 271 g/mol. The van der Waals surface area contributed by atoms with Crippen molar-refractivity contribution in [3.8, 4) is 0 Å². The average molecular weight is 271 g/mol. The van der Waals surface area contributed by atoms with Crippen LogP contribution in [0, 0.1) is 5.41 Å². The first-order valence-corrected chi connectivity index (χ1v) is 7.05. The number of hydrogen-bond donors (Lipinski definition) is 2. The van der Waals surface area contributed by atoms with Gasteiger partial charge in [-0.05, 0) is 32.4 Å². The van der Waals surface area contributed by atoms with Gasteiger partial charge in [0.05, 0.1) is 11.0 Å². The number of piperidine rings is 1. The number of nitrogens with two attached hydrogens (primary N) is 1. The number of likely N-dealkylation sites (N-methyl/N-ethyl adjacent to an activating group) is 1. The summed E-state index contributed by atoms with van der Waals surface area (Å²) in [7, 11) is 1.70.